The van der Waals surface area contributed by atoms with E-state index in [0.717, 1.165) is 28.1 Å². The molecule has 0 saturated carbocycles. The van der Waals surface area contributed by atoms with Gasteiger partial charge < -0.3 is 14.3 Å². The van der Waals surface area contributed by atoms with E-state index < -0.39 is 0 Å². The van der Waals surface area contributed by atoms with E-state index in [1.807, 2.05) is 12.1 Å². The highest BCUT2D eigenvalue weighted by Crippen LogP contribution is 2.26. The van der Waals surface area contributed by atoms with E-state index in [4.69, 9.17) is 17.0 Å². The summed E-state index contributed by atoms with van der Waals surface area (Å²) in [4.78, 5) is 4.57. The first kappa shape index (κ1) is 12.4. The molecule has 3 rings (SSSR count). The van der Waals surface area contributed by atoms with Crippen molar-refractivity contribution >= 4 is 34.6 Å². The zero-order chi connectivity index (χ0) is 13.4. The molecule has 0 saturated heterocycles. The van der Waals surface area contributed by atoms with Crippen molar-refractivity contribution in [3.8, 4) is 5.75 Å². The standard InChI is InChI=1S/C14H14N2OS2/c1-9-6-7-19-12(9)8-16-10-4-3-5-11(17-2)13(10)15-14(16)18/h3-7H,8H2,1-2H3,(H,15,18). The van der Waals surface area contributed by atoms with Gasteiger partial charge in [-0.25, -0.2) is 0 Å². The van der Waals surface area contributed by atoms with Crippen molar-refractivity contribution in [2.24, 2.45) is 0 Å². The van der Waals surface area contributed by atoms with Gasteiger partial charge in [-0.05, 0) is 48.3 Å². The third kappa shape index (κ3) is 2.09. The molecular weight excluding hydrogens is 276 g/mol. The minimum Gasteiger partial charge on any atom is -0.494 e. The van der Waals surface area contributed by atoms with E-state index in [0.29, 0.717) is 0 Å². The number of hydrogen-bond donors (Lipinski definition) is 1. The number of aryl methyl sites for hydroxylation is 1. The highest BCUT2D eigenvalue weighted by atomic mass is 32.1. The fraction of sp³-hybridized carbons (Fsp3) is 0.214. The summed E-state index contributed by atoms with van der Waals surface area (Å²) in [5.41, 5.74) is 3.35. The number of aromatic nitrogens is 2. The van der Waals surface area contributed by atoms with Gasteiger partial charge >= 0.3 is 0 Å². The molecule has 19 heavy (non-hydrogen) atoms. The van der Waals surface area contributed by atoms with Crippen LogP contribution in [0.25, 0.3) is 11.0 Å². The summed E-state index contributed by atoms with van der Waals surface area (Å²) in [7, 11) is 1.67. The van der Waals surface area contributed by atoms with E-state index in [2.05, 4.69) is 34.0 Å². The molecule has 0 unspecified atom stereocenters. The lowest BCUT2D eigenvalue weighted by atomic mass is 10.2. The normalized spacial score (nSPS) is 11.1. The van der Waals surface area contributed by atoms with Gasteiger partial charge in [0.1, 0.15) is 11.3 Å². The van der Waals surface area contributed by atoms with E-state index in [1.165, 1.54) is 10.4 Å². The number of imidazole rings is 1. The highest BCUT2D eigenvalue weighted by molar-refractivity contribution is 7.71. The Morgan fingerprint density at radius 1 is 1.37 bits per heavy atom. The van der Waals surface area contributed by atoms with Crippen molar-refractivity contribution in [2.45, 2.75) is 13.5 Å². The molecule has 1 aromatic carbocycles. The number of aromatic amines is 1. The van der Waals surface area contributed by atoms with E-state index in [1.54, 1.807) is 18.4 Å². The van der Waals surface area contributed by atoms with Crippen LogP contribution in [0.1, 0.15) is 10.4 Å². The third-order valence-corrected chi connectivity index (χ3v) is 4.59. The summed E-state index contributed by atoms with van der Waals surface area (Å²) >= 11 is 7.20. The summed E-state index contributed by atoms with van der Waals surface area (Å²) in [5, 5.41) is 2.11. The molecule has 0 fully saturated rings. The maximum atomic E-state index is 5.43. The summed E-state index contributed by atoms with van der Waals surface area (Å²) in [6, 6.07) is 8.13. The van der Waals surface area contributed by atoms with Crippen molar-refractivity contribution in [1.82, 2.24) is 9.55 Å². The first-order chi connectivity index (χ1) is 9.20. The monoisotopic (exact) mass is 290 g/mol. The van der Waals surface area contributed by atoms with Crippen LogP contribution in [-0.4, -0.2) is 16.7 Å². The Morgan fingerprint density at radius 2 is 2.21 bits per heavy atom. The Labute approximate surface area is 120 Å². The van der Waals surface area contributed by atoms with Crippen molar-refractivity contribution in [2.75, 3.05) is 7.11 Å². The number of fused-ring (bicyclic) bond motifs is 1. The molecule has 98 valence electrons. The molecule has 3 nitrogen and oxygen atoms in total. The van der Waals surface area contributed by atoms with Crippen molar-refractivity contribution < 1.29 is 4.74 Å². The van der Waals surface area contributed by atoms with Gasteiger partial charge in [-0.15, -0.1) is 11.3 Å². The van der Waals surface area contributed by atoms with Gasteiger partial charge in [0.05, 0.1) is 19.2 Å². The van der Waals surface area contributed by atoms with E-state index >= 15 is 0 Å². The van der Waals surface area contributed by atoms with Crippen LogP contribution in [0.4, 0.5) is 0 Å². The number of rotatable bonds is 3. The van der Waals surface area contributed by atoms with Gasteiger partial charge in [0.25, 0.3) is 0 Å². The van der Waals surface area contributed by atoms with Crippen LogP contribution in [0.2, 0.25) is 0 Å². The molecule has 5 heteroatoms. The number of para-hydroxylation sites is 1. The molecule has 2 heterocycles. The Morgan fingerprint density at radius 3 is 2.89 bits per heavy atom. The lowest BCUT2D eigenvalue weighted by Gasteiger charge is -2.05. The SMILES string of the molecule is COc1cccc2c1[nH]c(=S)n2Cc1sccc1C. The third-order valence-electron chi connectivity index (χ3n) is 3.26. The molecule has 0 aliphatic heterocycles. The largest absolute Gasteiger partial charge is 0.494 e. The average molecular weight is 290 g/mol. The summed E-state index contributed by atoms with van der Waals surface area (Å²) in [5.74, 6) is 0.824. The van der Waals surface area contributed by atoms with Gasteiger partial charge in [-0.3, -0.25) is 0 Å². The van der Waals surface area contributed by atoms with Crippen LogP contribution in [-0.2, 0) is 6.54 Å². The molecule has 0 aliphatic carbocycles. The number of H-pyrrole nitrogens is 1. The van der Waals surface area contributed by atoms with Gasteiger partial charge in [0.15, 0.2) is 4.77 Å². The maximum Gasteiger partial charge on any atom is 0.178 e. The predicted molar refractivity (Wildman–Crippen MR) is 81.8 cm³/mol. The average Bonchev–Trinajstić information content (AvgIpc) is 2.95. The lowest BCUT2D eigenvalue weighted by molar-refractivity contribution is 0.419. The van der Waals surface area contributed by atoms with Crippen LogP contribution >= 0.6 is 23.6 Å². The minimum atomic E-state index is 0.729. The summed E-state index contributed by atoms with van der Waals surface area (Å²) < 4.78 is 8.21. The molecule has 0 atom stereocenters. The zero-order valence-corrected chi connectivity index (χ0v) is 12.4. The second-order valence-corrected chi connectivity index (χ2v) is 5.78. The highest BCUT2D eigenvalue weighted by Gasteiger charge is 2.10. The maximum absolute atomic E-state index is 5.43. The number of benzene rings is 1. The quantitative estimate of drug-likeness (QED) is 0.735. The fourth-order valence-corrected chi connectivity index (χ4v) is 3.35. The van der Waals surface area contributed by atoms with E-state index in [-0.39, 0.29) is 0 Å². The van der Waals surface area contributed by atoms with Crippen molar-refractivity contribution in [3.63, 3.8) is 0 Å². The topological polar surface area (TPSA) is 29.9 Å². The Hall–Kier alpha value is -1.59. The number of hydrogen-bond acceptors (Lipinski definition) is 3. The minimum absolute atomic E-state index is 0.729. The summed E-state index contributed by atoms with van der Waals surface area (Å²) in [6.45, 7) is 2.93. The fourth-order valence-electron chi connectivity index (χ4n) is 2.19. The number of thiophene rings is 1. The second kappa shape index (κ2) is 4.83. The number of methoxy groups -OCH3 is 1. The van der Waals surface area contributed by atoms with Crippen LogP contribution in [0.5, 0.6) is 5.75 Å². The van der Waals surface area contributed by atoms with Gasteiger partial charge in [0.2, 0.25) is 0 Å². The molecule has 0 radical (unpaired) electrons. The molecule has 0 spiro atoms. The van der Waals surface area contributed by atoms with Gasteiger partial charge in [-0.2, -0.15) is 0 Å². The van der Waals surface area contributed by atoms with Gasteiger partial charge in [-0.1, -0.05) is 6.07 Å². The molecule has 1 N–H and O–H groups in total. The van der Waals surface area contributed by atoms with Crippen LogP contribution < -0.4 is 4.74 Å². The van der Waals surface area contributed by atoms with Crippen molar-refractivity contribution in [3.05, 3.63) is 44.9 Å². The summed E-state index contributed by atoms with van der Waals surface area (Å²) in [6.07, 6.45) is 0. The van der Waals surface area contributed by atoms with Crippen molar-refractivity contribution in [1.29, 1.82) is 0 Å². The smallest absolute Gasteiger partial charge is 0.178 e. The first-order valence-corrected chi connectivity index (χ1v) is 7.28. The first-order valence-electron chi connectivity index (χ1n) is 5.99. The number of nitrogens with zero attached hydrogens (tertiary/aromatic N) is 1. The zero-order valence-electron chi connectivity index (χ0n) is 10.8. The predicted octanol–water partition coefficient (Wildman–Crippen LogP) is 4.13. The van der Waals surface area contributed by atoms with Crippen LogP contribution in [0.15, 0.2) is 29.6 Å². The number of ether oxygens (including phenoxy) is 1. The Bertz CT molecular complexity index is 782. The van der Waals surface area contributed by atoms with Crippen LogP contribution in [0.3, 0.4) is 0 Å². The van der Waals surface area contributed by atoms with Crippen LogP contribution in [0, 0.1) is 11.7 Å². The molecule has 3 aromatic rings. The Kier molecular flexibility index (Phi) is 3.16. The molecule has 0 bridgehead atoms. The molecular formula is C14H14N2OS2. The number of nitrogens with one attached hydrogen (secondary N) is 1. The van der Waals surface area contributed by atoms with Gasteiger partial charge in [0, 0.05) is 4.88 Å². The lowest BCUT2D eigenvalue weighted by Crippen LogP contribution is -1.98. The Balaban J connectivity index is 2.16. The molecule has 2 aromatic heterocycles. The molecule has 0 aliphatic rings. The molecule has 0 amide bonds. The van der Waals surface area contributed by atoms with E-state index in [9.17, 15) is 0 Å². The second-order valence-electron chi connectivity index (χ2n) is 4.40.